The molecule has 94 valence electrons. The van der Waals surface area contributed by atoms with Crippen LogP contribution in [0.4, 0.5) is 5.69 Å². The molecule has 4 heteroatoms. The summed E-state index contributed by atoms with van der Waals surface area (Å²) in [7, 11) is 1.54. The number of halogens is 1. The van der Waals surface area contributed by atoms with Crippen molar-refractivity contribution in [3.05, 3.63) is 52.5 Å². The van der Waals surface area contributed by atoms with E-state index in [9.17, 15) is 5.11 Å². The third kappa shape index (κ3) is 3.17. The fraction of sp³-hybridized carbons (Fsp3) is 0.143. The SMILES string of the molecule is COc1cc(CNc2ccc(Br)cc2)ccc1O. The van der Waals surface area contributed by atoms with E-state index in [1.165, 1.54) is 0 Å². The summed E-state index contributed by atoms with van der Waals surface area (Å²) in [5.41, 5.74) is 2.10. The van der Waals surface area contributed by atoms with E-state index in [4.69, 9.17) is 4.74 Å². The van der Waals surface area contributed by atoms with E-state index in [0.717, 1.165) is 15.7 Å². The molecule has 18 heavy (non-hydrogen) atoms. The Morgan fingerprint density at radius 2 is 1.89 bits per heavy atom. The van der Waals surface area contributed by atoms with Crippen LogP contribution in [0.3, 0.4) is 0 Å². The van der Waals surface area contributed by atoms with Crippen LogP contribution in [0.25, 0.3) is 0 Å². The average Bonchev–Trinajstić information content (AvgIpc) is 2.39. The molecule has 0 unspecified atom stereocenters. The maximum absolute atomic E-state index is 9.50. The van der Waals surface area contributed by atoms with Crippen molar-refractivity contribution in [1.29, 1.82) is 0 Å². The molecule has 2 aromatic rings. The van der Waals surface area contributed by atoms with Gasteiger partial charge in [0.15, 0.2) is 11.5 Å². The molecule has 0 atom stereocenters. The number of hydrogen-bond acceptors (Lipinski definition) is 3. The molecule has 0 aliphatic heterocycles. The highest BCUT2D eigenvalue weighted by Gasteiger charge is 2.02. The maximum Gasteiger partial charge on any atom is 0.160 e. The van der Waals surface area contributed by atoms with E-state index in [1.54, 1.807) is 13.2 Å². The summed E-state index contributed by atoms with van der Waals surface area (Å²) in [5, 5.41) is 12.8. The Balaban J connectivity index is 2.04. The third-order valence-electron chi connectivity index (χ3n) is 2.58. The standard InChI is InChI=1S/C14H14BrNO2/c1-18-14-8-10(2-7-13(14)17)9-16-12-5-3-11(15)4-6-12/h2-8,16-17H,9H2,1H3. The smallest absolute Gasteiger partial charge is 0.160 e. The number of nitrogens with one attached hydrogen (secondary N) is 1. The van der Waals surface area contributed by atoms with Gasteiger partial charge in [-0.05, 0) is 42.0 Å². The number of hydrogen-bond donors (Lipinski definition) is 2. The molecule has 2 rings (SSSR count). The van der Waals surface area contributed by atoms with Crippen molar-refractivity contribution < 1.29 is 9.84 Å². The molecule has 0 aliphatic carbocycles. The normalized spacial score (nSPS) is 10.1. The van der Waals surface area contributed by atoms with Gasteiger partial charge < -0.3 is 15.2 Å². The van der Waals surface area contributed by atoms with Crippen molar-refractivity contribution in [2.75, 3.05) is 12.4 Å². The van der Waals surface area contributed by atoms with E-state index < -0.39 is 0 Å². The molecule has 0 saturated heterocycles. The van der Waals surface area contributed by atoms with Gasteiger partial charge in [-0.1, -0.05) is 22.0 Å². The molecular weight excluding hydrogens is 294 g/mol. The molecule has 0 heterocycles. The van der Waals surface area contributed by atoms with Gasteiger partial charge in [0.1, 0.15) is 0 Å². The van der Waals surface area contributed by atoms with Crippen LogP contribution in [-0.2, 0) is 6.54 Å². The number of phenols is 1. The Kier molecular flexibility index (Phi) is 4.10. The van der Waals surface area contributed by atoms with E-state index >= 15 is 0 Å². The first-order chi connectivity index (χ1) is 8.69. The van der Waals surface area contributed by atoms with Crippen LogP contribution in [0.2, 0.25) is 0 Å². The van der Waals surface area contributed by atoms with Crippen molar-refractivity contribution in [2.24, 2.45) is 0 Å². The first-order valence-electron chi connectivity index (χ1n) is 5.54. The molecule has 0 aliphatic rings. The van der Waals surface area contributed by atoms with Crippen molar-refractivity contribution in [3.63, 3.8) is 0 Å². The fourth-order valence-electron chi connectivity index (χ4n) is 1.60. The van der Waals surface area contributed by atoms with Crippen LogP contribution in [0.15, 0.2) is 46.9 Å². The summed E-state index contributed by atoms with van der Waals surface area (Å²) in [5.74, 6) is 0.648. The number of aromatic hydroxyl groups is 1. The van der Waals surface area contributed by atoms with Crippen molar-refractivity contribution >= 4 is 21.6 Å². The minimum atomic E-state index is 0.157. The number of methoxy groups -OCH3 is 1. The predicted octanol–water partition coefficient (Wildman–Crippen LogP) is 3.78. The van der Waals surface area contributed by atoms with Crippen LogP contribution < -0.4 is 10.1 Å². The summed E-state index contributed by atoms with van der Waals surface area (Å²) in [6, 6.07) is 13.3. The Bertz CT molecular complexity index is 526. The molecule has 2 aromatic carbocycles. The first-order valence-corrected chi connectivity index (χ1v) is 6.33. The van der Waals surface area contributed by atoms with Crippen LogP contribution in [0.1, 0.15) is 5.56 Å². The summed E-state index contributed by atoms with van der Waals surface area (Å²) in [6.07, 6.45) is 0. The van der Waals surface area contributed by atoms with Gasteiger partial charge in [0.05, 0.1) is 7.11 Å². The summed E-state index contributed by atoms with van der Waals surface area (Å²) in [4.78, 5) is 0. The second-order valence-corrected chi connectivity index (χ2v) is 4.78. The lowest BCUT2D eigenvalue weighted by Gasteiger charge is -2.09. The van der Waals surface area contributed by atoms with Gasteiger partial charge in [0.25, 0.3) is 0 Å². The molecule has 0 saturated carbocycles. The molecule has 0 fully saturated rings. The zero-order chi connectivity index (χ0) is 13.0. The Morgan fingerprint density at radius 1 is 1.17 bits per heavy atom. The highest BCUT2D eigenvalue weighted by atomic mass is 79.9. The zero-order valence-electron chi connectivity index (χ0n) is 9.98. The van der Waals surface area contributed by atoms with E-state index in [0.29, 0.717) is 12.3 Å². The van der Waals surface area contributed by atoms with Gasteiger partial charge >= 0.3 is 0 Å². The highest BCUT2D eigenvalue weighted by Crippen LogP contribution is 2.26. The Labute approximate surface area is 115 Å². The van der Waals surface area contributed by atoms with Crippen molar-refractivity contribution in [1.82, 2.24) is 0 Å². The maximum atomic E-state index is 9.50. The molecule has 0 radical (unpaired) electrons. The lowest BCUT2D eigenvalue weighted by Crippen LogP contribution is -1.99. The fourth-order valence-corrected chi connectivity index (χ4v) is 1.87. The zero-order valence-corrected chi connectivity index (χ0v) is 11.6. The molecule has 0 bridgehead atoms. The number of anilines is 1. The van der Waals surface area contributed by atoms with Crippen LogP contribution >= 0.6 is 15.9 Å². The topological polar surface area (TPSA) is 41.5 Å². The molecule has 0 amide bonds. The van der Waals surface area contributed by atoms with Crippen molar-refractivity contribution in [3.8, 4) is 11.5 Å². The predicted molar refractivity (Wildman–Crippen MR) is 76.1 cm³/mol. The number of phenolic OH excluding ortho intramolecular Hbond substituents is 1. The second-order valence-electron chi connectivity index (χ2n) is 3.87. The second kappa shape index (κ2) is 5.78. The van der Waals surface area contributed by atoms with Gasteiger partial charge in [0.2, 0.25) is 0 Å². The van der Waals surface area contributed by atoms with E-state index in [-0.39, 0.29) is 5.75 Å². The van der Waals surface area contributed by atoms with Gasteiger partial charge in [-0.3, -0.25) is 0 Å². The van der Waals surface area contributed by atoms with Gasteiger partial charge in [-0.2, -0.15) is 0 Å². The summed E-state index contributed by atoms with van der Waals surface area (Å²) >= 11 is 3.40. The minimum absolute atomic E-state index is 0.157. The third-order valence-corrected chi connectivity index (χ3v) is 3.11. The Morgan fingerprint density at radius 3 is 2.56 bits per heavy atom. The Hall–Kier alpha value is -1.68. The monoisotopic (exact) mass is 307 g/mol. The number of rotatable bonds is 4. The quantitative estimate of drug-likeness (QED) is 0.903. The lowest BCUT2D eigenvalue weighted by molar-refractivity contribution is 0.373. The largest absolute Gasteiger partial charge is 0.504 e. The molecule has 2 N–H and O–H groups in total. The first kappa shape index (κ1) is 12.8. The summed E-state index contributed by atoms with van der Waals surface area (Å²) in [6.45, 7) is 0.679. The average molecular weight is 308 g/mol. The van der Waals surface area contributed by atoms with E-state index in [1.807, 2.05) is 36.4 Å². The molecular formula is C14H14BrNO2. The van der Waals surface area contributed by atoms with E-state index in [2.05, 4.69) is 21.2 Å². The number of ether oxygens (including phenoxy) is 1. The minimum Gasteiger partial charge on any atom is -0.504 e. The van der Waals surface area contributed by atoms with Crippen LogP contribution in [0, 0.1) is 0 Å². The van der Waals surface area contributed by atoms with Gasteiger partial charge in [0, 0.05) is 16.7 Å². The van der Waals surface area contributed by atoms with Gasteiger partial charge in [-0.25, -0.2) is 0 Å². The van der Waals surface area contributed by atoms with Crippen LogP contribution in [-0.4, -0.2) is 12.2 Å². The molecule has 0 spiro atoms. The number of benzene rings is 2. The van der Waals surface area contributed by atoms with Crippen LogP contribution in [0.5, 0.6) is 11.5 Å². The van der Waals surface area contributed by atoms with Crippen molar-refractivity contribution in [2.45, 2.75) is 6.54 Å². The molecule has 0 aromatic heterocycles. The van der Waals surface area contributed by atoms with Gasteiger partial charge in [-0.15, -0.1) is 0 Å². The highest BCUT2D eigenvalue weighted by molar-refractivity contribution is 9.10. The summed E-state index contributed by atoms with van der Waals surface area (Å²) < 4.78 is 6.12. The molecule has 3 nitrogen and oxygen atoms in total. The lowest BCUT2D eigenvalue weighted by atomic mass is 10.2.